The van der Waals surface area contributed by atoms with Crippen LogP contribution in [0.5, 0.6) is 0 Å². The molecule has 0 radical (unpaired) electrons. The molecule has 0 aliphatic heterocycles. The van der Waals surface area contributed by atoms with Gasteiger partial charge in [0, 0.05) is 12.1 Å². The molecule has 5 heteroatoms. The summed E-state index contributed by atoms with van der Waals surface area (Å²) in [5.41, 5.74) is 0.154. The second-order valence-corrected chi connectivity index (χ2v) is 6.15. The lowest BCUT2D eigenvalue weighted by atomic mass is 10.3. The Balaban J connectivity index is 0.00000144. The maximum Gasteiger partial charge on any atom is 0.357 e. The van der Waals surface area contributed by atoms with Gasteiger partial charge in [-0.25, -0.2) is 0 Å². The minimum absolute atomic E-state index is 0. The van der Waals surface area contributed by atoms with E-state index < -0.39 is 0 Å². The fraction of sp³-hybridized carbons (Fsp3) is 0. The third-order valence-electron chi connectivity index (χ3n) is 1.99. The molecular weight excluding hydrogens is 397 g/mol. The van der Waals surface area contributed by atoms with Gasteiger partial charge in [-0.2, -0.15) is 0 Å². The summed E-state index contributed by atoms with van der Waals surface area (Å²) in [6.07, 6.45) is 0. The summed E-state index contributed by atoms with van der Waals surface area (Å²) in [6, 6.07) is 17.0. The summed E-state index contributed by atoms with van der Waals surface area (Å²) in [6.45, 7) is 0. The number of hydrogen-bond donors (Lipinski definition) is 0. The van der Waals surface area contributed by atoms with Crippen LogP contribution in [0, 0.1) is 17.3 Å². The highest BCUT2D eigenvalue weighted by Crippen LogP contribution is 2.07. The Morgan fingerprint density at radius 1 is 0.882 bits per heavy atom. The van der Waals surface area contributed by atoms with Crippen LogP contribution in [0.2, 0.25) is 0 Å². The molecular formula is C12H9BrINO2. The number of nitro benzene ring substituents is 1. The second-order valence-electron chi connectivity index (χ2n) is 3.12. The zero-order chi connectivity index (χ0) is 11.4. The first-order chi connectivity index (χ1) is 7.75. The monoisotopic (exact) mass is 405 g/mol. The highest BCUT2D eigenvalue weighted by molar-refractivity contribution is 5.27. The quantitative estimate of drug-likeness (QED) is 0.305. The van der Waals surface area contributed by atoms with Crippen LogP contribution in [0.15, 0.2) is 54.6 Å². The van der Waals surface area contributed by atoms with Crippen LogP contribution in [0.1, 0.15) is 0 Å². The molecule has 0 bridgehead atoms. The molecule has 17 heavy (non-hydrogen) atoms. The molecule has 88 valence electrons. The Morgan fingerprint density at radius 3 is 1.94 bits per heavy atom. The second kappa shape index (κ2) is 6.70. The van der Waals surface area contributed by atoms with Crippen molar-refractivity contribution in [3.8, 4) is 0 Å². The average molecular weight is 406 g/mol. The maximum absolute atomic E-state index is 10.5. The zero-order valence-corrected chi connectivity index (χ0v) is 12.5. The molecule has 0 spiro atoms. The van der Waals surface area contributed by atoms with Crippen LogP contribution in [-0.2, 0) is 0 Å². The molecule has 0 aromatic heterocycles. The first kappa shape index (κ1) is 14.1. The summed E-state index contributed by atoms with van der Waals surface area (Å²) in [4.78, 5) is 10.1. The van der Waals surface area contributed by atoms with Gasteiger partial charge in [0.2, 0.25) is 0 Å². The van der Waals surface area contributed by atoms with Crippen LogP contribution in [0.4, 0.5) is 5.69 Å². The van der Waals surface area contributed by atoms with Gasteiger partial charge in [0.1, 0.15) is 0 Å². The van der Waals surface area contributed by atoms with Gasteiger partial charge in [-0.05, 0) is 24.3 Å². The van der Waals surface area contributed by atoms with Crippen LogP contribution in [0.25, 0.3) is 0 Å². The summed E-state index contributed by atoms with van der Waals surface area (Å²) in [5, 5.41) is 10.5. The Bertz CT molecular complexity index is 488. The van der Waals surface area contributed by atoms with E-state index in [0.29, 0.717) is 0 Å². The Labute approximate surface area is 120 Å². The van der Waals surface area contributed by atoms with Crippen molar-refractivity contribution in [3.05, 3.63) is 71.9 Å². The SMILES string of the molecule is O=[N+]([O-])c1ccc([I+]c2ccccc2)cc1.[Br-]. The van der Waals surface area contributed by atoms with E-state index in [1.165, 1.54) is 7.14 Å². The van der Waals surface area contributed by atoms with Crippen molar-refractivity contribution < 1.29 is 43.1 Å². The standard InChI is InChI=1S/C12H9INO2.BrH/c15-14(16)12-8-6-11(7-9-12)13-10-4-2-1-3-5-10;/h1-9H;1H/q+1;/p-1. The smallest absolute Gasteiger partial charge is 0.357 e. The van der Waals surface area contributed by atoms with E-state index in [1.807, 2.05) is 30.3 Å². The van der Waals surface area contributed by atoms with Gasteiger partial charge in [-0.3, -0.25) is 10.1 Å². The third-order valence-corrected chi connectivity index (χ3v) is 4.67. The minimum Gasteiger partial charge on any atom is -1.00 e. The molecule has 0 heterocycles. The van der Waals surface area contributed by atoms with Crippen LogP contribution in [-0.4, -0.2) is 4.92 Å². The summed E-state index contributed by atoms with van der Waals surface area (Å²) in [7, 11) is 0. The molecule has 2 aromatic rings. The van der Waals surface area contributed by atoms with E-state index in [9.17, 15) is 10.1 Å². The van der Waals surface area contributed by atoms with E-state index in [2.05, 4.69) is 12.1 Å². The molecule has 0 saturated carbocycles. The molecule has 0 atom stereocenters. The maximum atomic E-state index is 10.5. The zero-order valence-electron chi connectivity index (χ0n) is 8.72. The molecule has 2 rings (SSSR count). The normalized spacial score (nSPS) is 9.41. The van der Waals surface area contributed by atoms with Gasteiger partial charge in [0.05, 0.1) is 4.92 Å². The predicted molar refractivity (Wildman–Crippen MR) is 56.9 cm³/mol. The van der Waals surface area contributed by atoms with Crippen molar-refractivity contribution in [3.63, 3.8) is 0 Å². The fourth-order valence-corrected chi connectivity index (χ4v) is 3.44. The predicted octanol–water partition coefficient (Wildman–Crippen LogP) is -3.27. The van der Waals surface area contributed by atoms with Gasteiger partial charge in [-0.15, -0.1) is 0 Å². The van der Waals surface area contributed by atoms with Crippen molar-refractivity contribution >= 4 is 5.69 Å². The van der Waals surface area contributed by atoms with Gasteiger partial charge in [0.25, 0.3) is 5.69 Å². The number of non-ortho nitro benzene ring substituents is 1. The number of nitrogens with zero attached hydrogens (tertiary/aromatic N) is 1. The number of halogens is 2. The van der Waals surface area contributed by atoms with Crippen molar-refractivity contribution in [2.75, 3.05) is 0 Å². The highest BCUT2D eigenvalue weighted by Gasteiger charge is 2.16. The van der Waals surface area contributed by atoms with E-state index >= 15 is 0 Å². The topological polar surface area (TPSA) is 43.1 Å². The van der Waals surface area contributed by atoms with E-state index in [0.717, 1.165) is 0 Å². The van der Waals surface area contributed by atoms with Crippen molar-refractivity contribution in [1.29, 1.82) is 0 Å². The Kier molecular flexibility index (Phi) is 5.57. The van der Waals surface area contributed by atoms with Crippen molar-refractivity contribution in [2.24, 2.45) is 0 Å². The van der Waals surface area contributed by atoms with Crippen LogP contribution >= 0.6 is 0 Å². The van der Waals surface area contributed by atoms with E-state index in [-0.39, 0.29) is 48.8 Å². The average Bonchev–Trinajstić information content (AvgIpc) is 2.31. The minimum atomic E-state index is -0.370. The lowest BCUT2D eigenvalue weighted by Gasteiger charge is -1.89. The molecule has 0 aliphatic rings. The first-order valence-electron chi connectivity index (χ1n) is 4.70. The first-order valence-corrected chi connectivity index (χ1v) is 6.86. The molecule has 2 aromatic carbocycles. The largest absolute Gasteiger partial charge is 1.00 e. The number of rotatable bonds is 3. The summed E-state index contributed by atoms with van der Waals surface area (Å²) >= 11 is -0.227. The van der Waals surface area contributed by atoms with Crippen LogP contribution < -0.4 is 38.2 Å². The number of hydrogen-bond acceptors (Lipinski definition) is 2. The lowest BCUT2D eigenvalue weighted by molar-refractivity contribution is -0.597. The molecule has 0 aliphatic carbocycles. The van der Waals surface area contributed by atoms with Gasteiger partial charge in [0.15, 0.2) is 7.14 Å². The van der Waals surface area contributed by atoms with Crippen molar-refractivity contribution in [1.82, 2.24) is 0 Å². The summed E-state index contributed by atoms with van der Waals surface area (Å²) in [5.74, 6) is 0. The lowest BCUT2D eigenvalue weighted by Crippen LogP contribution is -3.61. The third kappa shape index (κ3) is 4.08. The molecule has 0 unspecified atom stereocenters. The summed E-state index contributed by atoms with van der Waals surface area (Å²) < 4.78 is 2.51. The Hall–Kier alpha value is -0.950. The highest BCUT2D eigenvalue weighted by atomic mass is 127. The van der Waals surface area contributed by atoms with Gasteiger partial charge in [-0.1, -0.05) is 18.2 Å². The fourth-order valence-electron chi connectivity index (χ4n) is 1.23. The molecule has 3 nitrogen and oxygen atoms in total. The number of nitro groups is 1. The number of benzene rings is 2. The van der Waals surface area contributed by atoms with E-state index in [1.54, 1.807) is 12.1 Å². The van der Waals surface area contributed by atoms with E-state index in [4.69, 9.17) is 0 Å². The van der Waals surface area contributed by atoms with Gasteiger partial charge >= 0.3 is 21.2 Å². The molecule has 0 saturated heterocycles. The van der Waals surface area contributed by atoms with Gasteiger partial charge < -0.3 is 17.0 Å². The molecule has 0 N–H and O–H groups in total. The molecule has 0 fully saturated rings. The van der Waals surface area contributed by atoms with Crippen molar-refractivity contribution in [2.45, 2.75) is 0 Å². The molecule has 0 amide bonds. The van der Waals surface area contributed by atoms with Crippen LogP contribution in [0.3, 0.4) is 0 Å². The Morgan fingerprint density at radius 2 is 1.41 bits per heavy atom.